The Morgan fingerprint density at radius 3 is 2.35 bits per heavy atom. The molecular formula is C14H16ClN5O2S. The number of benzene rings is 1. The Balaban J connectivity index is 1.78. The van der Waals surface area contributed by atoms with Gasteiger partial charge in [-0.15, -0.1) is 0 Å². The van der Waals surface area contributed by atoms with Crippen molar-refractivity contribution < 1.29 is 8.42 Å². The number of primary sulfonamides is 1. The van der Waals surface area contributed by atoms with Gasteiger partial charge >= 0.3 is 0 Å². The number of halogens is 1. The van der Waals surface area contributed by atoms with Gasteiger partial charge in [-0.2, -0.15) is 0 Å². The molecule has 0 aliphatic carbocycles. The lowest BCUT2D eigenvalue weighted by Gasteiger charge is -2.37. The fourth-order valence-corrected chi connectivity index (χ4v) is 3.52. The normalized spacial score (nSPS) is 15.7. The SMILES string of the molecule is NS(=O)(=O)c1ccccc1N1CCN(c2cncc(Cl)n2)CC1. The second kappa shape index (κ2) is 6.31. The van der Waals surface area contributed by atoms with Gasteiger partial charge in [-0.3, -0.25) is 4.98 Å². The number of sulfonamides is 1. The summed E-state index contributed by atoms with van der Waals surface area (Å²) in [5.41, 5.74) is 0.631. The van der Waals surface area contributed by atoms with Crippen molar-refractivity contribution in [3.63, 3.8) is 0 Å². The molecule has 0 atom stereocenters. The average Bonchev–Trinajstić information content (AvgIpc) is 2.54. The molecule has 23 heavy (non-hydrogen) atoms. The number of nitrogens with zero attached hydrogens (tertiary/aromatic N) is 4. The molecule has 0 radical (unpaired) electrons. The minimum Gasteiger partial charge on any atom is -0.367 e. The first-order valence-corrected chi connectivity index (χ1v) is 8.97. The highest BCUT2D eigenvalue weighted by Crippen LogP contribution is 2.26. The summed E-state index contributed by atoms with van der Waals surface area (Å²) in [6.45, 7) is 2.68. The number of para-hydroxylation sites is 1. The minimum absolute atomic E-state index is 0.149. The van der Waals surface area contributed by atoms with Gasteiger partial charge in [0, 0.05) is 26.2 Å². The zero-order valence-corrected chi connectivity index (χ0v) is 13.8. The van der Waals surface area contributed by atoms with Gasteiger partial charge in [-0.25, -0.2) is 18.5 Å². The van der Waals surface area contributed by atoms with Crippen LogP contribution in [0, 0.1) is 0 Å². The first kappa shape index (κ1) is 16.0. The summed E-state index contributed by atoms with van der Waals surface area (Å²) in [4.78, 5) is 12.5. The smallest absolute Gasteiger partial charge is 0.240 e. The molecular weight excluding hydrogens is 338 g/mol. The van der Waals surface area contributed by atoms with Crippen LogP contribution in [0.4, 0.5) is 11.5 Å². The van der Waals surface area contributed by atoms with Gasteiger partial charge in [0.15, 0.2) is 0 Å². The maximum atomic E-state index is 11.7. The fraction of sp³-hybridized carbons (Fsp3) is 0.286. The maximum Gasteiger partial charge on any atom is 0.240 e. The predicted octanol–water partition coefficient (Wildman–Crippen LogP) is 1.10. The molecule has 1 aliphatic heterocycles. The molecule has 0 amide bonds. The first-order chi connectivity index (χ1) is 10.9. The van der Waals surface area contributed by atoms with E-state index in [0.29, 0.717) is 37.0 Å². The van der Waals surface area contributed by atoms with E-state index in [-0.39, 0.29) is 4.90 Å². The molecule has 3 rings (SSSR count). The Bertz CT molecular complexity index is 806. The quantitative estimate of drug-likeness (QED) is 0.888. The maximum absolute atomic E-state index is 11.7. The molecule has 9 heteroatoms. The van der Waals surface area contributed by atoms with Gasteiger partial charge < -0.3 is 9.80 Å². The first-order valence-electron chi connectivity index (χ1n) is 7.04. The lowest BCUT2D eigenvalue weighted by Crippen LogP contribution is -2.47. The largest absolute Gasteiger partial charge is 0.367 e. The summed E-state index contributed by atoms with van der Waals surface area (Å²) in [5, 5.41) is 5.65. The van der Waals surface area contributed by atoms with E-state index in [1.54, 1.807) is 24.4 Å². The highest BCUT2D eigenvalue weighted by Gasteiger charge is 2.23. The third-order valence-corrected chi connectivity index (χ3v) is 4.85. The van der Waals surface area contributed by atoms with Crippen molar-refractivity contribution in [1.82, 2.24) is 9.97 Å². The fourth-order valence-electron chi connectivity index (χ4n) is 2.62. The zero-order valence-electron chi connectivity index (χ0n) is 12.3. The van der Waals surface area contributed by atoms with Crippen molar-refractivity contribution in [1.29, 1.82) is 0 Å². The third kappa shape index (κ3) is 3.54. The van der Waals surface area contributed by atoms with E-state index in [9.17, 15) is 8.42 Å². The van der Waals surface area contributed by atoms with Crippen molar-refractivity contribution in [2.24, 2.45) is 5.14 Å². The number of hydrogen-bond donors (Lipinski definition) is 1. The van der Waals surface area contributed by atoms with Gasteiger partial charge in [-0.05, 0) is 12.1 Å². The number of hydrogen-bond acceptors (Lipinski definition) is 6. The average molecular weight is 354 g/mol. The van der Waals surface area contributed by atoms with Gasteiger partial charge in [0.2, 0.25) is 10.0 Å². The second-order valence-electron chi connectivity index (χ2n) is 5.19. The summed E-state index contributed by atoms with van der Waals surface area (Å²) in [7, 11) is -3.75. The molecule has 2 aromatic rings. The number of anilines is 2. The van der Waals surface area contributed by atoms with Crippen LogP contribution in [0.1, 0.15) is 0 Å². The van der Waals surface area contributed by atoms with Gasteiger partial charge in [-0.1, -0.05) is 23.7 Å². The van der Waals surface area contributed by atoms with E-state index >= 15 is 0 Å². The Morgan fingerprint density at radius 1 is 1.04 bits per heavy atom. The molecule has 1 aromatic heterocycles. The molecule has 7 nitrogen and oxygen atoms in total. The molecule has 0 bridgehead atoms. The Labute approximate surface area is 139 Å². The molecule has 2 N–H and O–H groups in total. The molecule has 1 aromatic carbocycles. The van der Waals surface area contributed by atoms with Gasteiger partial charge in [0.25, 0.3) is 0 Å². The topological polar surface area (TPSA) is 92.4 Å². The summed E-state index contributed by atoms with van der Waals surface area (Å²) in [6, 6.07) is 6.77. The highest BCUT2D eigenvalue weighted by atomic mass is 35.5. The van der Waals surface area contributed by atoms with Gasteiger partial charge in [0.1, 0.15) is 15.9 Å². The lowest BCUT2D eigenvalue weighted by atomic mass is 10.2. The van der Waals surface area contributed by atoms with Crippen molar-refractivity contribution in [2.75, 3.05) is 36.0 Å². The number of piperazine rings is 1. The van der Waals surface area contributed by atoms with E-state index in [1.807, 2.05) is 4.90 Å². The Hall–Kier alpha value is -1.90. The monoisotopic (exact) mass is 353 g/mol. The van der Waals surface area contributed by atoms with E-state index < -0.39 is 10.0 Å². The lowest BCUT2D eigenvalue weighted by molar-refractivity contribution is 0.595. The molecule has 1 fully saturated rings. The zero-order chi connectivity index (χ0) is 16.4. The van der Waals surface area contributed by atoms with Crippen LogP contribution in [-0.2, 0) is 10.0 Å². The van der Waals surface area contributed by atoms with E-state index in [0.717, 1.165) is 5.82 Å². The minimum atomic E-state index is -3.75. The summed E-state index contributed by atoms with van der Waals surface area (Å²) in [6.07, 6.45) is 3.16. The highest BCUT2D eigenvalue weighted by molar-refractivity contribution is 7.89. The van der Waals surface area contributed by atoms with Crippen LogP contribution in [0.2, 0.25) is 5.15 Å². The Kier molecular flexibility index (Phi) is 4.38. The van der Waals surface area contributed by atoms with E-state index in [2.05, 4.69) is 14.9 Å². The molecule has 1 aliphatic rings. The van der Waals surface area contributed by atoms with Crippen molar-refractivity contribution in [3.8, 4) is 0 Å². The van der Waals surface area contributed by atoms with Crippen LogP contribution in [0.15, 0.2) is 41.6 Å². The number of rotatable bonds is 3. The van der Waals surface area contributed by atoms with E-state index in [1.165, 1.54) is 12.3 Å². The van der Waals surface area contributed by atoms with Gasteiger partial charge in [0.05, 0.1) is 18.1 Å². The molecule has 2 heterocycles. The van der Waals surface area contributed by atoms with Crippen LogP contribution in [-0.4, -0.2) is 44.6 Å². The van der Waals surface area contributed by atoms with Crippen molar-refractivity contribution in [3.05, 3.63) is 41.8 Å². The van der Waals surface area contributed by atoms with Crippen LogP contribution in [0.5, 0.6) is 0 Å². The Morgan fingerprint density at radius 2 is 1.70 bits per heavy atom. The summed E-state index contributed by atoms with van der Waals surface area (Å²) < 4.78 is 23.5. The van der Waals surface area contributed by atoms with Crippen LogP contribution >= 0.6 is 11.6 Å². The third-order valence-electron chi connectivity index (χ3n) is 3.71. The molecule has 1 saturated heterocycles. The molecule has 122 valence electrons. The molecule has 0 spiro atoms. The molecule has 0 unspecified atom stereocenters. The standard InChI is InChI=1S/C14H16ClN5O2S/c15-13-9-17-10-14(18-13)20-7-5-19(6-8-20)11-3-1-2-4-12(11)23(16,21)22/h1-4,9-10H,5-8H2,(H2,16,21,22). The van der Waals surface area contributed by atoms with E-state index in [4.69, 9.17) is 16.7 Å². The summed E-state index contributed by atoms with van der Waals surface area (Å²) in [5.74, 6) is 0.719. The predicted molar refractivity (Wildman–Crippen MR) is 89.3 cm³/mol. The molecule has 0 saturated carbocycles. The second-order valence-corrected chi connectivity index (χ2v) is 7.10. The van der Waals surface area contributed by atoms with Crippen molar-refractivity contribution >= 4 is 33.1 Å². The van der Waals surface area contributed by atoms with Crippen LogP contribution in [0.3, 0.4) is 0 Å². The summed E-state index contributed by atoms with van der Waals surface area (Å²) >= 11 is 5.87. The van der Waals surface area contributed by atoms with Crippen molar-refractivity contribution in [2.45, 2.75) is 4.90 Å². The van der Waals surface area contributed by atoms with Crippen LogP contribution in [0.25, 0.3) is 0 Å². The number of nitrogens with two attached hydrogens (primary N) is 1. The van der Waals surface area contributed by atoms with Crippen LogP contribution < -0.4 is 14.9 Å². The number of aromatic nitrogens is 2.